The van der Waals surface area contributed by atoms with Crippen LogP contribution in [0.5, 0.6) is 0 Å². The molecular weight excluding hydrogens is 306 g/mol. The first-order chi connectivity index (χ1) is 9.26. The lowest BCUT2D eigenvalue weighted by Gasteiger charge is -2.40. The van der Waals surface area contributed by atoms with Crippen LogP contribution < -0.4 is 4.72 Å². The molecule has 0 radical (unpaired) electrons. The minimum atomic E-state index is -3.80. The Bertz CT molecular complexity index is 602. The van der Waals surface area contributed by atoms with E-state index in [4.69, 9.17) is 16.7 Å². The molecule has 1 aromatic rings. The molecule has 0 unspecified atom stereocenters. The molecular formula is C11H16ClN3O4S. The number of aryl methyl sites for hydroxylation is 1. The van der Waals surface area contributed by atoms with Gasteiger partial charge in [-0.2, -0.15) is 5.10 Å². The number of carbonyl (C=O) groups is 1. The van der Waals surface area contributed by atoms with E-state index in [0.717, 1.165) is 6.42 Å². The van der Waals surface area contributed by atoms with E-state index in [1.807, 2.05) is 0 Å². The average Bonchev–Trinajstić information content (AvgIpc) is 2.62. The number of carboxylic acid groups (broad SMARTS) is 1. The van der Waals surface area contributed by atoms with Crippen LogP contribution >= 0.6 is 11.6 Å². The summed E-state index contributed by atoms with van der Waals surface area (Å²) in [5.74, 6) is -0.914. The van der Waals surface area contributed by atoms with Crippen LogP contribution in [0.1, 0.15) is 25.7 Å². The topological polar surface area (TPSA) is 101 Å². The third-order valence-electron chi connectivity index (χ3n) is 3.67. The zero-order chi connectivity index (χ0) is 15.0. The van der Waals surface area contributed by atoms with Gasteiger partial charge in [-0.25, -0.2) is 13.1 Å². The minimum Gasteiger partial charge on any atom is -0.481 e. The van der Waals surface area contributed by atoms with Crippen molar-refractivity contribution in [1.29, 1.82) is 0 Å². The highest BCUT2D eigenvalue weighted by Crippen LogP contribution is 2.43. The summed E-state index contributed by atoms with van der Waals surface area (Å²) in [6.45, 7) is 0.100. The van der Waals surface area contributed by atoms with E-state index in [9.17, 15) is 13.2 Å². The summed E-state index contributed by atoms with van der Waals surface area (Å²) < 4.78 is 28.0. The summed E-state index contributed by atoms with van der Waals surface area (Å²) >= 11 is 5.82. The third kappa shape index (κ3) is 2.97. The number of hydrogen-bond donors (Lipinski definition) is 2. The molecule has 0 atom stereocenters. The van der Waals surface area contributed by atoms with Gasteiger partial charge in [-0.05, 0) is 18.3 Å². The predicted octanol–water partition coefficient (Wildman–Crippen LogP) is 0.997. The van der Waals surface area contributed by atoms with Crippen molar-refractivity contribution in [3.8, 4) is 0 Å². The molecule has 112 valence electrons. The summed E-state index contributed by atoms with van der Waals surface area (Å²) in [7, 11) is -2.31. The van der Waals surface area contributed by atoms with Gasteiger partial charge >= 0.3 is 5.97 Å². The first kappa shape index (κ1) is 15.3. The van der Waals surface area contributed by atoms with Gasteiger partial charge in [0.05, 0.1) is 17.6 Å². The Labute approximate surface area is 122 Å². The fourth-order valence-electron chi connectivity index (χ4n) is 2.43. The molecule has 0 aromatic carbocycles. The molecule has 1 heterocycles. The number of nitrogens with one attached hydrogen (secondary N) is 1. The summed E-state index contributed by atoms with van der Waals surface area (Å²) in [4.78, 5) is 10.9. The van der Waals surface area contributed by atoms with Crippen LogP contribution in [0.4, 0.5) is 0 Å². The molecule has 1 saturated carbocycles. The number of rotatable bonds is 6. The first-order valence-electron chi connectivity index (χ1n) is 6.15. The van der Waals surface area contributed by atoms with Crippen molar-refractivity contribution in [2.24, 2.45) is 12.5 Å². The lowest BCUT2D eigenvalue weighted by atomic mass is 9.67. The van der Waals surface area contributed by atoms with Crippen molar-refractivity contribution >= 4 is 27.6 Å². The Balaban J connectivity index is 2.12. The maximum Gasteiger partial charge on any atom is 0.303 e. The van der Waals surface area contributed by atoms with Crippen LogP contribution in [0.15, 0.2) is 11.2 Å². The van der Waals surface area contributed by atoms with Gasteiger partial charge in [-0.15, -0.1) is 0 Å². The van der Waals surface area contributed by atoms with Crippen LogP contribution in [-0.2, 0) is 21.9 Å². The number of aliphatic carboxylic acids is 1. The fourth-order valence-corrected chi connectivity index (χ4v) is 4.24. The Morgan fingerprint density at radius 3 is 2.65 bits per heavy atom. The van der Waals surface area contributed by atoms with E-state index in [1.54, 1.807) is 0 Å². The Morgan fingerprint density at radius 1 is 1.60 bits per heavy atom. The lowest BCUT2D eigenvalue weighted by molar-refractivity contribution is -0.141. The van der Waals surface area contributed by atoms with Crippen LogP contribution in [0, 0.1) is 5.41 Å². The zero-order valence-electron chi connectivity index (χ0n) is 11.0. The van der Waals surface area contributed by atoms with Gasteiger partial charge in [0, 0.05) is 13.6 Å². The van der Waals surface area contributed by atoms with E-state index < -0.39 is 21.4 Å². The van der Waals surface area contributed by atoms with Gasteiger partial charge in [0.2, 0.25) is 0 Å². The number of halogens is 1. The molecule has 0 amide bonds. The molecule has 1 fully saturated rings. The SMILES string of the molecule is Cn1ncc(Cl)c1S(=O)(=O)NCC1(CC(=O)O)CCC1. The van der Waals surface area contributed by atoms with Crippen molar-refractivity contribution in [2.45, 2.75) is 30.7 Å². The van der Waals surface area contributed by atoms with Crippen molar-refractivity contribution < 1.29 is 18.3 Å². The zero-order valence-corrected chi connectivity index (χ0v) is 12.5. The quantitative estimate of drug-likeness (QED) is 0.813. The van der Waals surface area contributed by atoms with E-state index in [-0.39, 0.29) is 23.0 Å². The first-order valence-corrected chi connectivity index (χ1v) is 8.01. The van der Waals surface area contributed by atoms with Gasteiger partial charge in [-0.1, -0.05) is 18.0 Å². The average molecular weight is 322 g/mol. The second kappa shape index (κ2) is 5.34. The number of carboxylic acids is 1. The number of sulfonamides is 1. The fraction of sp³-hybridized carbons (Fsp3) is 0.636. The molecule has 2 N–H and O–H groups in total. The van der Waals surface area contributed by atoms with Crippen LogP contribution in [0.2, 0.25) is 5.02 Å². The van der Waals surface area contributed by atoms with Gasteiger partial charge < -0.3 is 5.11 Å². The monoisotopic (exact) mass is 321 g/mol. The van der Waals surface area contributed by atoms with Crippen molar-refractivity contribution in [1.82, 2.24) is 14.5 Å². The molecule has 9 heteroatoms. The van der Waals surface area contributed by atoms with E-state index in [0.29, 0.717) is 12.8 Å². The molecule has 1 aromatic heterocycles. The van der Waals surface area contributed by atoms with E-state index in [1.165, 1.54) is 17.9 Å². The maximum atomic E-state index is 12.2. The maximum absolute atomic E-state index is 12.2. The largest absolute Gasteiger partial charge is 0.481 e. The summed E-state index contributed by atoms with van der Waals surface area (Å²) in [5, 5.41) is 12.6. The van der Waals surface area contributed by atoms with E-state index in [2.05, 4.69) is 9.82 Å². The van der Waals surface area contributed by atoms with Gasteiger partial charge in [0.1, 0.15) is 0 Å². The molecule has 0 saturated heterocycles. The molecule has 1 aliphatic carbocycles. The third-order valence-corrected chi connectivity index (χ3v) is 5.58. The smallest absolute Gasteiger partial charge is 0.303 e. The van der Waals surface area contributed by atoms with Crippen LogP contribution in [0.25, 0.3) is 0 Å². The molecule has 20 heavy (non-hydrogen) atoms. The van der Waals surface area contributed by atoms with Gasteiger partial charge in [0.25, 0.3) is 10.0 Å². The van der Waals surface area contributed by atoms with Crippen LogP contribution in [-0.4, -0.2) is 35.8 Å². The summed E-state index contributed by atoms with van der Waals surface area (Å²) in [6, 6.07) is 0. The molecule has 0 bridgehead atoms. The highest BCUT2D eigenvalue weighted by molar-refractivity contribution is 7.89. The highest BCUT2D eigenvalue weighted by atomic mass is 35.5. The molecule has 2 rings (SSSR count). The summed E-state index contributed by atoms with van der Waals surface area (Å²) in [6.07, 6.45) is 3.56. The molecule has 7 nitrogen and oxygen atoms in total. The standard InChI is InChI=1S/C11H16ClN3O4S/c1-15-10(8(12)6-13-15)20(18,19)14-7-11(3-2-4-11)5-9(16)17/h6,14H,2-5,7H2,1H3,(H,16,17). The molecule has 0 spiro atoms. The van der Waals surface area contributed by atoms with Crippen molar-refractivity contribution in [2.75, 3.05) is 6.54 Å². The van der Waals surface area contributed by atoms with Crippen molar-refractivity contribution in [3.63, 3.8) is 0 Å². The normalized spacial score (nSPS) is 17.7. The molecule has 1 aliphatic rings. The van der Waals surface area contributed by atoms with E-state index >= 15 is 0 Å². The summed E-state index contributed by atoms with van der Waals surface area (Å²) in [5.41, 5.74) is -0.482. The van der Waals surface area contributed by atoms with Gasteiger partial charge in [0.15, 0.2) is 5.03 Å². The highest BCUT2D eigenvalue weighted by Gasteiger charge is 2.40. The predicted molar refractivity (Wildman–Crippen MR) is 71.9 cm³/mol. The molecule has 0 aliphatic heterocycles. The van der Waals surface area contributed by atoms with Gasteiger partial charge in [-0.3, -0.25) is 9.48 Å². The minimum absolute atomic E-state index is 0.0331. The number of aromatic nitrogens is 2. The van der Waals surface area contributed by atoms with Crippen LogP contribution in [0.3, 0.4) is 0 Å². The number of nitrogens with zero attached hydrogens (tertiary/aromatic N) is 2. The van der Waals surface area contributed by atoms with Crippen molar-refractivity contribution in [3.05, 3.63) is 11.2 Å². The number of hydrogen-bond acceptors (Lipinski definition) is 4. The lowest BCUT2D eigenvalue weighted by Crippen LogP contribution is -2.43. The Kier molecular flexibility index (Phi) is 4.08. The Morgan fingerprint density at radius 2 is 2.25 bits per heavy atom. The second-order valence-corrected chi connectivity index (χ2v) is 7.26. The second-order valence-electron chi connectivity index (χ2n) is 5.17. The Hall–Kier alpha value is -1.12.